The molecule has 0 aromatic rings. The number of amides is 1. The highest BCUT2D eigenvalue weighted by Crippen LogP contribution is 1.84. The van der Waals surface area contributed by atoms with Crippen molar-refractivity contribution in [3.05, 3.63) is 0 Å². The fourth-order valence-corrected chi connectivity index (χ4v) is 1.31. The molecule has 0 fully saturated rings. The Kier molecular flexibility index (Phi) is 13.2. The fraction of sp³-hybridized carbons (Fsp3) is 0.923. The molecule has 2 N–H and O–H groups in total. The molecule has 1 unspecified atom stereocenters. The monoisotopic (exact) mass is 276 g/mol. The molecule has 0 aliphatic heterocycles. The van der Waals surface area contributed by atoms with Crippen LogP contribution in [0.3, 0.4) is 0 Å². The quantitative estimate of drug-likeness (QED) is 0.469. The van der Waals surface area contributed by atoms with E-state index in [2.05, 4.69) is 10.6 Å². The number of carbonyl (C=O) groups excluding carboxylic acids is 1. The second kappa shape index (κ2) is 13.7. The highest BCUT2D eigenvalue weighted by molar-refractivity contribution is 5.81. The molecule has 0 aromatic carbocycles. The number of hydrogen-bond acceptors (Lipinski definition) is 5. The number of nitrogens with one attached hydrogen (secondary N) is 2. The van der Waals surface area contributed by atoms with E-state index < -0.39 is 0 Å². The van der Waals surface area contributed by atoms with Crippen molar-refractivity contribution in [1.29, 1.82) is 0 Å². The van der Waals surface area contributed by atoms with Crippen LogP contribution >= 0.6 is 0 Å². The Balaban J connectivity index is 3.26. The van der Waals surface area contributed by atoms with Crippen LogP contribution in [0.2, 0.25) is 0 Å². The van der Waals surface area contributed by atoms with Gasteiger partial charge in [0, 0.05) is 20.2 Å². The molecule has 0 saturated carbocycles. The van der Waals surface area contributed by atoms with Gasteiger partial charge >= 0.3 is 0 Å². The third kappa shape index (κ3) is 12.1. The van der Waals surface area contributed by atoms with Crippen LogP contribution in [0.15, 0.2) is 0 Å². The zero-order chi connectivity index (χ0) is 14.3. The molecular weight excluding hydrogens is 248 g/mol. The largest absolute Gasteiger partial charge is 0.382 e. The number of methoxy groups -OCH3 is 1. The molecule has 0 rings (SSSR count). The van der Waals surface area contributed by atoms with Crippen molar-refractivity contribution in [1.82, 2.24) is 10.6 Å². The summed E-state index contributed by atoms with van der Waals surface area (Å²) in [6, 6.07) is -0.187. The van der Waals surface area contributed by atoms with Crippen molar-refractivity contribution >= 4 is 5.91 Å². The molecule has 114 valence electrons. The maximum atomic E-state index is 11.5. The van der Waals surface area contributed by atoms with E-state index >= 15 is 0 Å². The Hall–Kier alpha value is -0.690. The van der Waals surface area contributed by atoms with Gasteiger partial charge in [0.15, 0.2) is 0 Å². The molecule has 0 aromatic heterocycles. The van der Waals surface area contributed by atoms with Crippen LogP contribution in [-0.2, 0) is 19.0 Å². The van der Waals surface area contributed by atoms with Crippen LogP contribution in [0.25, 0.3) is 0 Å². The molecule has 6 heteroatoms. The number of ether oxygens (including phenoxy) is 3. The van der Waals surface area contributed by atoms with E-state index in [1.807, 2.05) is 13.8 Å². The maximum absolute atomic E-state index is 11.5. The summed E-state index contributed by atoms with van der Waals surface area (Å²) in [6.07, 6.45) is 0.949. The minimum Gasteiger partial charge on any atom is -0.382 e. The maximum Gasteiger partial charge on any atom is 0.236 e. The van der Waals surface area contributed by atoms with Gasteiger partial charge in [-0.2, -0.15) is 0 Å². The normalized spacial score (nSPS) is 12.4. The van der Waals surface area contributed by atoms with Crippen LogP contribution in [0.4, 0.5) is 0 Å². The van der Waals surface area contributed by atoms with Gasteiger partial charge in [0.05, 0.1) is 39.1 Å². The van der Waals surface area contributed by atoms with E-state index in [1.165, 1.54) is 0 Å². The van der Waals surface area contributed by atoms with Gasteiger partial charge in [-0.1, -0.05) is 6.92 Å². The Bertz CT molecular complexity index is 215. The lowest BCUT2D eigenvalue weighted by atomic mass is 10.3. The average Bonchev–Trinajstić information content (AvgIpc) is 2.42. The lowest BCUT2D eigenvalue weighted by Gasteiger charge is -2.13. The number of rotatable bonds is 13. The predicted molar refractivity (Wildman–Crippen MR) is 74.3 cm³/mol. The summed E-state index contributed by atoms with van der Waals surface area (Å²) < 4.78 is 15.5. The van der Waals surface area contributed by atoms with E-state index in [0.29, 0.717) is 39.6 Å². The highest BCUT2D eigenvalue weighted by Gasteiger charge is 2.09. The molecule has 6 nitrogen and oxygen atoms in total. The molecule has 1 amide bonds. The first-order valence-corrected chi connectivity index (χ1v) is 6.87. The van der Waals surface area contributed by atoms with Crippen molar-refractivity contribution < 1.29 is 19.0 Å². The third-order valence-electron chi connectivity index (χ3n) is 2.44. The van der Waals surface area contributed by atoms with Gasteiger partial charge in [-0.3, -0.25) is 4.79 Å². The standard InChI is InChI=1S/C13H28N2O4/c1-4-5-15-13(16)12(2)14-6-7-18-10-11-19-9-8-17-3/h12,14H,4-11H2,1-3H3,(H,15,16). The first-order valence-electron chi connectivity index (χ1n) is 6.87. The summed E-state index contributed by atoms with van der Waals surface area (Å²) in [4.78, 5) is 11.5. The van der Waals surface area contributed by atoms with Gasteiger partial charge in [0.2, 0.25) is 5.91 Å². The van der Waals surface area contributed by atoms with E-state index in [9.17, 15) is 4.79 Å². The van der Waals surface area contributed by atoms with Gasteiger partial charge in [0.25, 0.3) is 0 Å². The van der Waals surface area contributed by atoms with E-state index in [1.54, 1.807) is 7.11 Å². The van der Waals surface area contributed by atoms with Crippen LogP contribution < -0.4 is 10.6 Å². The second-order valence-electron chi connectivity index (χ2n) is 4.18. The second-order valence-corrected chi connectivity index (χ2v) is 4.18. The first-order chi connectivity index (χ1) is 9.22. The minimum absolute atomic E-state index is 0.0322. The summed E-state index contributed by atoms with van der Waals surface area (Å²) >= 11 is 0. The molecule has 0 aliphatic carbocycles. The third-order valence-corrected chi connectivity index (χ3v) is 2.44. The van der Waals surface area contributed by atoms with Gasteiger partial charge in [0.1, 0.15) is 0 Å². The van der Waals surface area contributed by atoms with Crippen molar-refractivity contribution in [2.75, 3.05) is 53.2 Å². The Morgan fingerprint density at radius 2 is 1.68 bits per heavy atom. The summed E-state index contributed by atoms with van der Waals surface area (Å²) in [5.74, 6) is 0.0322. The topological polar surface area (TPSA) is 68.8 Å². The van der Waals surface area contributed by atoms with Crippen LogP contribution in [0.5, 0.6) is 0 Å². The Morgan fingerprint density at radius 3 is 2.32 bits per heavy atom. The first kappa shape index (κ1) is 18.3. The van der Waals surface area contributed by atoms with Gasteiger partial charge < -0.3 is 24.8 Å². The molecule has 0 radical (unpaired) electrons. The molecule has 0 spiro atoms. The van der Waals surface area contributed by atoms with Gasteiger partial charge in [-0.05, 0) is 13.3 Å². The molecule has 0 bridgehead atoms. The van der Waals surface area contributed by atoms with Crippen molar-refractivity contribution in [3.63, 3.8) is 0 Å². The molecule has 0 saturated heterocycles. The van der Waals surface area contributed by atoms with E-state index in [4.69, 9.17) is 14.2 Å². The van der Waals surface area contributed by atoms with Crippen molar-refractivity contribution in [2.45, 2.75) is 26.3 Å². The molecule has 0 aliphatic rings. The van der Waals surface area contributed by atoms with Gasteiger partial charge in [-0.25, -0.2) is 0 Å². The van der Waals surface area contributed by atoms with E-state index in [-0.39, 0.29) is 11.9 Å². The molecule has 1 atom stereocenters. The minimum atomic E-state index is -0.187. The average molecular weight is 276 g/mol. The lowest BCUT2D eigenvalue weighted by Crippen LogP contribution is -2.43. The van der Waals surface area contributed by atoms with Crippen LogP contribution in [-0.4, -0.2) is 65.2 Å². The summed E-state index contributed by atoms with van der Waals surface area (Å²) in [5.41, 5.74) is 0. The molecule has 19 heavy (non-hydrogen) atoms. The van der Waals surface area contributed by atoms with Gasteiger partial charge in [-0.15, -0.1) is 0 Å². The van der Waals surface area contributed by atoms with E-state index in [0.717, 1.165) is 13.0 Å². The van der Waals surface area contributed by atoms with Crippen LogP contribution in [0.1, 0.15) is 20.3 Å². The molecular formula is C13H28N2O4. The fourth-order valence-electron chi connectivity index (χ4n) is 1.31. The summed E-state index contributed by atoms with van der Waals surface area (Å²) in [5, 5.41) is 5.94. The summed E-state index contributed by atoms with van der Waals surface area (Å²) in [7, 11) is 1.64. The lowest BCUT2D eigenvalue weighted by molar-refractivity contribution is -0.122. The zero-order valence-corrected chi connectivity index (χ0v) is 12.4. The van der Waals surface area contributed by atoms with Crippen molar-refractivity contribution in [3.8, 4) is 0 Å². The Morgan fingerprint density at radius 1 is 1.05 bits per heavy atom. The summed E-state index contributed by atoms with van der Waals surface area (Å²) in [6.45, 7) is 8.13. The predicted octanol–water partition coefficient (Wildman–Crippen LogP) is 0.170. The van der Waals surface area contributed by atoms with Crippen LogP contribution in [0, 0.1) is 0 Å². The smallest absolute Gasteiger partial charge is 0.236 e. The zero-order valence-electron chi connectivity index (χ0n) is 12.4. The number of hydrogen-bond donors (Lipinski definition) is 2. The molecule has 0 heterocycles. The van der Waals surface area contributed by atoms with Crippen molar-refractivity contribution in [2.24, 2.45) is 0 Å². The highest BCUT2D eigenvalue weighted by atomic mass is 16.5. The number of carbonyl (C=O) groups is 1. The SMILES string of the molecule is CCCNC(=O)C(C)NCCOCCOCCOC. The Labute approximate surface area is 116 Å².